The highest BCUT2D eigenvalue weighted by molar-refractivity contribution is 5.81. The van der Waals surface area contributed by atoms with Crippen molar-refractivity contribution in [3.8, 4) is 0 Å². The van der Waals surface area contributed by atoms with Crippen LogP contribution in [0.2, 0.25) is 0 Å². The molecule has 0 amide bonds. The van der Waals surface area contributed by atoms with Crippen molar-refractivity contribution in [3.05, 3.63) is 35.9 Å². The van der Waals surface area contributed by atoms with Gasteiger partial charge in [0.05, 0.1) is 12.1 Å². The summed E-state index contributed by atoms with van der Waals surface area (Å²) in [7, 11) is 2.02. The molecule has 1 heterocycles. The molecule has 1 aliphatic heterocycles. The molecule has 0 bridgehead atoms. The van der Waals surface area contributed by atoms with E-state index in [1.807, 2.05) is 13.3 Å². The second kappa shape index (κ2) is 6.69. The second-order valence-corrected chi connectivity index (χ2v) is 8.46. The van der Waals surface area contributed by atoms with Crippen molar-refractivity contribution in [3.63, 3.8) is 0 Å². The van der Waals surface area contributed by atoms with Crippen molar-refractivity contribution < 1.29 is 5.11 Å². The molecular formula is C21H30N4O. The van der Waals surface area contributed by atoms with Crippen LogP contribution in [0.3, 0.4) is 0 Å². The average Bonchev–Trinajstić information content (AvgIpc) is 3.17. The predicted molar refractivity (Wildman–Crippen MR) is 105 cm³/mol. The number of hydrogen-bond donors (Lipinski definition) is 2. The molecule has 0 radical (unpaired) electrons. The van der Waals surface area contributed by atoms with Gasteiger partial charge < -0.3 is 10.0 Å². The van der Waals surface area contributed by atoms with Crippen LogP contribution in [0, 0.1) is 11.3 Å². The maximum atomic E-state index is 11.5. The van der Waals surface area contributed by atoms with Gasteiger partial charge in [0.25, 0.3) is 0 Å². The maximum absolute atomic E-state index is 11.5. The zero-order valence-electron chi connectivity index (χ0n) is 15.9. The lowest BCUT2D eigenvalue weighted by Gasteiger charge is -2.49. The van der Waals surface area contributed by atoms with Gasteiger partial charge in [0.15, 0.2) is 0 Å². The molecule has 2 aliphatic carbocycles. The van der Waals surface area contributed by atoms with Crippen LogP contribution in [-0.4, -0.2) is 47.9 Å². The van der Waals surface area contributed by atoms with Gasteiger partial charge in [-0.05, 0) is 43.6 Å². The first-order chi connectivity index (χ1) is 12.5. The van der Waals surface area contributed by atoms with E-state index < -0.39 is 5.60 Å². The van der Waals surface area contributed by atoms with Crippen LogP contribution in [0.5, 0.6) is 0 Å². The summed E-state index contributed by atoms with van der Waals surface area (Å²) >= 11 is 0. The third-order valence-electron chi connectivity index (χ3n) is 7.10. The molecule has 2 N–H and O–H groups in total. The molecule has 0 unspecified atom stereocenters. The van der Waals surface area contributed by atoms with Crippen molar-refractivity contribution >= 4 is 12.2 Å². The predicted octanol–water partition coefficient (Wildman–Crippen LogP) is 2.98. The van der Waals surface area contributed by atoms with Crippen LogP contribution in [0.15, 0.2) is 40.4 Å². The fourth-order valence-corrected chi connectivity index (χ4v) is 5.17. The van der Waals surface area contributed by atoms with Crippen LogP contribution < -0.4 is 5.43 Å². The Kier molecular flexibility index (Phi) is 4.51. The first-order valence-corrected chi connectivity index (χ1v) is 9.84. The Balaban J connectivity index is 1.45. The van der Waals surface area contributed by atoms with E-state index in [4.69, 9.17) is 0 Å². The lowest BCUT2D eigenvalue weighted by atomic mass is 9.59. The van der Waals surface area contributed by atoms with Crippen LogP contribution in [0.4, 0.5) is 0 Å². The minimum absolute atomic E-state index is 0.0904. The summed E-state index contributed by atoms with van der Waals surface area (Å²) in [6.45, 7) is 4.03. The Labute approximate surface area is 156 Å². The Morgan fingerprint density at radius 2 is 2.08 bits per heavy atom. The highest BCUT2D eigenvalue weighted by atomic mass is 16.3. The molecule has 26 heavy (non-hydrogen) atoms. The summed E-state index contributed by atoms with van der Waals surface area (Å²) in [5.74, 6) is 1.61. The van der Waals surface area contributed by atoms with Crippen molar-refractivity contribution in [1.82, 2.24) is 10.3 Å². The SMILES string of the molecule is CN1CCN=C1NN=C[C@H]1CC[C@]2(O)C[C@@H](c3ccccc3)CC[C@]12C. The van der Waals surface area contributed by atoms with E-state index in [1.54, 1.807) is 0 Å². The second-order valence-electron chi connectivity index (χ2n) is 8.46. The highest BCUT2D eigenvalue weighted by Crippen LogP contribution is 2.60. The number of hydrazone groups is 1. The number of rotatable bonds is 3. The first kappa shape index (κ1) is 17.5. The molecule has 0 spiro atoms. The number of guanidine groups is 1. The third kappa shape index (κ3) is 2.92. The first-order valence-electron chi connectivity index (χ1n) is 9.84. The largest absolute Gasteiger partial charge is 0.389 e. The van der Waals surface area contributed by atoms with Gasteiger partial charge in [-0.2, -0.15) is 5.10 Å². The van der Waals surface area contributed by atoms with Gasteiger partial charge in [-0.15, -0.1) is 0 Å². The summed E-state index contributed by atoms with van der Waals surface area (Å²) in [4.78, 5) is 6.48. The zero-order valence-corrected chi connectivity index (χ0v) is 15.9. The number of hydrogen-bond acceptors (Lipinski definition) is 5. The highest BCUT2D eigenvalue weighted by Gasteiger charge is 2.58. The summed E-state index contributed by atoms with van der Waals surface area (Å²) in [6, 6.07) is 10.7. The molecule has 140 valence electrons. The van der Waals surface area contributed by atoms with Crippen molar-refractivity contribution in [2.75, 3.05) is 20.1 Å². The zero-order chi connectivity index (χ0) is 18.2. The maximum Gasteiger partial charge on any atom is 0.214 e. The summed E-state index contributed by atoms with van der Waals surface area (Å²) in [5, 5.41) is 16.0. The summed E-state index contributed by atoms with van der Waals surface area (Å²) in [5.41, 5.74) is 3.76. The molecule has 5 heteroatoms. The molecule has 4 rings (SSSR count). The van der Waals surface area contributed by atoms with E-state index in [9.17, 15) is 5.11 Å². The Bertz CT molecular complexity index is 703. The van der Waals surface area contributed by atoms with E-state index in [2.05, 4.69) is 57.7 Å². The Morgan fingerprint density at radius 3 is 2.81 bits per heavy atom. The van der Waals surface area contributed by atoms with Gasteiger partial charge in [-0.25, -0.2) is 10.4 Å². The van der Waals surface area contributed by atoms with Crippen molar-refractivity contribution in [2.24, 2.45) is 21.4 Å². The summed E-state index contributed by atoms with van der Waals surface area (Å²) in [6.07, 6.45) is 6.93. The van der Waals surface area contributed by atoms with Crippen LogP contribution in [0.25, 0.3) is 0 Å². The average molecular weight is 354 g/mol. The Morgan fingerprint density at radius 1 is 1.27 bits per heavy atom. The molecule has 4 atom stereocenters. The van der Waals surface area contributed by atoms with Crippen molar-refractivity contribution in [2.45, 2.75) is 50.5 Å². The van der Waals surface area contributed by atoms with E-state index in [-0.39, 0.29) is 5.41 Å². The fourth-order valence-electron chi connectivity index (χ4n) is 5.17. The molecule has 0 aromatic heterocycles. The van der Waals surface area contributed by atoms with Gasteiger partial charge in [0.2, 0.25) is 5.96 Å². The van der Waals surface area contributed by atoms with E-state index in [0.717, 1.165) is 51.2 Å². The molecule has 1 aromatic carbocycles. The fraction of sp³-hybridized carbons (Fsp3) is 0.619. The third-order valence-corrected chi connectivity index (χ3v) is 7.10. The van der Waals surface area contributed by atoms with Crippen LogP contribution in [0.1, 0.15) is 50.5 Å². The number of likely N-dealkylation sites (N-methyl/N-ethyl adjacent to an activating group) is 1. The minimum atomic E-state index is -0.593. The topological polar surface area (TPSA) is 60.2 Å². The monoisotopic (exact) mass is 354 g/mol. The quantitative estimate of drug-likeness (QED) is 0.648. The Hall–Kier alpha value is -1.88. The molecule has 2 saturated carbocycles. The molecular weight excluding hydrogens is 324 g/mol. The van der Waals surface area contributed by atoms with Gasteiger partial charge in [-0.1, -0.05) is 37.3 Å². The number of aliphatic hydroxyl groups is 1. The standard InChI is InChI=1S/C21H30N4O/c1-20-10-8-17(16-6-4-3-5-7-16)14-21(20,26)11-9-18(20)15-23-24-19-22-12-13-25(19)2/h3-7,15,17-18,26H,8-14H2,1-2H3,(H,22,24)/t17-,18+,20+,21-/m0/s1. The molecule has 3 aliphatic rings. The van der Waals surface area contributed by atoms with Gasteiger partial charge in [0.1, 0.15) is 0 Å². The lowest BCUT2D eigenvalue weighted by Crippen LogP contribution is -2.49. The molecule has 5 nitrogen and oxygen atoms in total. The lowest BCUT2D eigenvalue weighted by molar-refractivity contribution is -0.0957. The normalized spacial score (nSPS) is 37.0. The van der Waals surface area contributed by atoms with E-state index >= 15 is 0 Å². The summed E-state index contributed by atoms with van der Waals surface area (Å²) < 4.78 is 0. The number of fused-ring (bicyclic) bond motifs is 1. The van der Waals surface area contributed by atoms with Crippen LogP contribution in [-0.2, 0) is 0 Å². The van der Waals surface area contributed by atoms with E-state index in [1.165, 1.54) is 5.56 Å². The minimum Gasteiger partial charge on any atom is -0.389 e. The number of nitrogens with zero attached hydrogens (tertiary/aromatic N) is 3. The number of nitrogens with one attached hydrogen (secondary N) is 1. The van der Waals surface area contributed by atoms with E-state index in [0.29, 0.717) is 11.8 Å². The van der Waals surface area contributed by atoms with Gasteiger partial charge in [-0.3, -0.25) is 0 Å². The smallest absolute Gasteiger partial charge is 0.214 e. The van der Waals surface area contributed by atoms with Gasteiger partial charge >= 0.3 is 0 Å². The number of aliphatic imine (C=N–C) groups is 1. The molecule has 0 saturated heterocycles. The molecule has 1 aromatic rings. The van der Waals surface area contributed by atoms with Gasteiger partial charge in [0, 0.05) is 31.1 Å². The van der Waals surface area contributed by atoms with Crippen LogP contribution >= 0.6 is 0 Å². The molecule has 2 fully saturated rings. The van der Waals surface area contributed by atoms with Crippen molar-refractivity contribution in [1.29, 1.82) is 0 Å². The number of benzene rings is 1.